The van der Waals surface area contributed by atoms with Crippen LogP contribution in [0.15, 0.2) is 42.5 Å². The van der Waals surface area contributed by atoms with Gasteiger partial charge in [0.15, 0.2) is 0 Å². The summed E-state index contributed by atoms with van der Waals surface area (Å²) in [7, 11) is 3.57. The van der Waals surface area contributed by atoms with E-state index in [-0.39, 0.29) is 12.1 Å². The Morgan fingerprint density at radius 2 is 1.85 bits per heavy atom. The lowest BCUT2D eigenvalue weighted by molar-refractivity contribution is 0.0505. The molecular formula is C27H33ClN4O2. The Balaban J connectivity index is 1.70. The summed E-state index contributed by atoms with van der Waals surface area (Å²) in [5.41, 5.74) is 6.10. The van der Waals surface area contributed by atoms with Crippen LogP contribution in [0.2, 0.25) is 5.02 Å². The molecule has 1 aromatic heterocycles. The molecule has 3 aromatic rings. The monoisotopic (exact) mass is 480 g/mol. The normalized spacial score (nSPS) is 17.0. The van der Waals surface area contributed by atoms with Crippen LogP contribution in [0, 0.1) is 0 Å². The molecule has 2 aromatic carbocycles. The number of likely N-dealkylation sites (N-methyl/N-ethyl adjacent to an activating group) is 1. The van der Waals surface area contributed by atoms with Gasteiger partial charge in [-0.25, -0.2) is 9.97 Å². The van der Waals surface area contributed by atoms with E-state index in [2.05, 4.69) is 48.7 Å². The van der Waals surface area contributed by atoms with Gasteiger partial charge in [-0.2, -0.15) is 0 Å². The summed E-state index contributed by atoms with van der Waals surface area (Å²) in [6.07, 6.45) is 2.41. The number of hydrogen-bond donors (Lipinski definition) is 2. The van der Waals surface area contributed by atoms with Crippen LogP contribution in [0.25, 0.3) is 11.3 Å². The molecule has 0 radical (unpaired) electrons. The first kappa shape index (κ1) is 24.5. The lowest BCUT2D eigenvalue weighted by Gasteiger charge is -2.25. The maximum atomic E-state index is 6.60. The number of fused-ring (bicyclic) bond motifs is 1. The highest BCUT2D eigenvalue weighted by Crippen LogP contribution is 2.38. The predicted molar refractivity (Wildman–Crippen MR) is 138 cm³/mol. The van der Waals surface area contributed by atoms with E-state index in [1.807, 2.05) is 25.2 Å². The van der Waals surface area contributed by atoms with Crippen molar-refractivity contribution in [1.82, 2.24) is 15.3 Å². The van der Waals surface area contributed by atoms with Crippen LogP contribution in [-0.4, -0.2) is 43.4 Å². The van der Waals surface area contributed by atoms with Gasteiger partial charge in [0.05, 0.1) is 48.0 Å². The van der Waals surface area contributed by atoms with E-state index < -0.39 is 0 Å². The quantitative estimate of drug-likeness (QED) is 0.386. The van der Waals surface area contributed by atoms with Gasteiger partial charge in [-0.1, -0.05) is 49.7 Å². The van der Waals surface area contributed by atoms with Gasteiger partial charge in [0.2, 0.25) is 0 Å². The van der Waals surface area contributed by atoms with Crippen molar-refractivity contribution in [2.75, 3.05) is 32.6 Å². The van der Waals surface area contributed by atoms with E-state index in [0.29, 0.717) is 11.6 Å². The van der Waals surface area contributed by atoms with Gasteiger partial charge < -0.3 is 20.1 Å². The van der Waals surface area contributed by atoms with Crippen molar-refractivity contribution >= 4 is 17.4 Å². The third kappa shape index (κ3) is 5.04. The van der Waals surface area contributed by atoms with Gasteiger partial charge in [-0.15, -0.1) is 0 Å². The molecule has 2 atom stereocenters. The summed E-state index contributed by atoms with van der Waals surface area (Å²) in [6.45, 7) is 5.67. The van der Waals surface area contributed by atoms with Crippen molar-refractivity contribution in [3.8, 4) is 17.0 Å². The molecule has 7 heteroatoms. The van der Waals surface area contributed by atoms with Crippen LogP contribution in [0.5, 0.6) is 5.75 Å². The second-order valence-corrected chi connectivity index (χ2v) is 8.81. The average Bonchev–Trinajstić information content (AvgIpc) is 3.21. The Hall–Kier alpha value is -2.67. The minimum Gasteiger partial charge on any atom is -0.497 e. The molecule has 0 spiro atoms. The van der Waals surface area contributed by atoms with Gasteiger partial charge in [0.25, 0.3) is 0 Å². The fourth-order valence-corrected chi connectivity index (χ4v) is 4.75. The van der Waals surface area contributed by atoms with Crippen LogP contribution in [0.1, 0.15) is 42.4 Å². The molecule has 2 unspecified atom stereocenters. The number of aromatic nitrogens is 2. The van der Waals surface area contributed by atoms with E-state index in [1.54, 1.807) is 7.11 Å². The van der Waals surface area contributed by atoms with Crippen LogP contribution >= 0.6 is 11.6 Å². The van der Waals surface area contributed by atoms with E-state index in [1.165, 1.54) is 11.1 Å². The van der Waals surface area contributed by atoms with Crippen molar-refractivity contribution in [3.05, 3.63) is 70.0 Å². The maximum Gasteiger partial charge on any atom is 0.148 e. The van der Waals surface area contributed by atoms with Crippen LogP contribution < -0.4 is 15.4 Å². The third-order valence-corrected chi connectivity index (χ3v) is 6.61. The minimum atomic E-state index is 0.0211. The zero-order valence-electron chi connectivity index (χ0n) is 20.3. The predicted octanol–water partition coefficient (Wildman–Crippen LogP) is 5.24. The first-order chi connectivity index (χ1) is 16.6. The SMILES string of the molecule is CCc1nc(-c2ccc(OC)cc2Cl)c(CC)nc1NC1c2ccccc2CC1OCCNC. The number of rotatable bonds is 10. The van der Waals surface area contributed by atoms with E-state index in [0.717, 1.165) is 60.0 Å². The highest BCUT2D eigenvalue weighted by atomic mass is 35.5. The first-order valence-corrected chi connectivity index (χ1v) is 12.3. The number of benzene rings is 2. The molecule has 0 saturated heterocycles. The summed E-state index contributed by atoms with van der Waals surface area (Å²) in [5, 5.41) is 7.47. The number of aryl methyl sites for hydroxylation is 2. The molecule has 0 saturated carbocycles. The average molecular weight is 481 g/mol. The summed E-state index contributed by atoms with van der Waals surface area (Å²) in [6, 6.07) is 14.2. The molecule has 2 N–H and O–H groups in total. The molecule has 1 heterocycles. The minimum absolute atomic E-state index is 0.0211. The van der Waals surface area contributed by atoms with Crippen LogP contribution in [-0.2, 0) is 24.0 Å². The van der Waals surface area contributed by atoms with Gasteiger partial charge in [-0.3, -0.25) is 0 Å². The van der Waals surface area contributed by atoms with E-state index in [9.17, 15) is 0 Å². The van der Waals surface area contributed by atoms with Crippen molar-refractivity contribution in [1.29, 1.82) is 0 Å². The molecule has 0 fully saturated rings. The molecule has 0 bridgehead atoms. The number of ether oxygens (including phenoxy) is 2. The Morgan fingerprint density at radius 3 is 2.56 bits per heavy atom. The number of nitrogens with zero attached hydrogens (tertiary/aromatic N) is 2. The maximum absolute atomic E-state index is 6.60. The standard InChI is InChI=1S/C27H33ClN4O2/c1-5-22-25(20-12-11-18(33-4)16-21(20)28)30-23(6-2)27(31-22)32-26-19-10-8-7-9-17(19)15-24(26)34-14-13-29-3/h7-12,16,24,26,29H,5-6,13-15H2,1-4H3,(H,31,32). The fraction of sp³-hybridized carbons (Fsp3) is 0.407. The number of nitrogens with one attached hydrogen (secondary N) is 2. The number of hydrogen-bond acceptors (Lipinski definition) is 6. The Morgan fingerprint density at radius 1 is 1.06 bits per heavy atom. The van der Waals surface area contributed by atoms with Crippen molar-refractivity contribution in [3.63, 3.8) is 0 Å². The Kier molecular flexibility index (Phi) is 8.03. The lowest BCUT2D eigenvalue weighted by atomic mass is 10.1. The molecular weight excluding hydrogens is 448 g/mol. The van der Waals surface area contributed by atoms with Crippen LogP contribution in [0.3, 0.4) is 0 Å². The number of anilines is 1. The lowest BCUT2D eigenvalue weighted by Crippen LogP contribution is -2.28. The second kappa shape index (κ2) is 11.2. The molecule has 0 amide bonds. The Bertz CT molecular complexity index is 1140. The summed E-state index contributed by atoms with van der Waals surface area (Å²) in [5.74, 6) is 1.54. The first-order valence-electron chi connectivity index (χ1n) is 11.9. The van der Waals surface area contributed by atoms with Gasteiger partial charge >= 0.3 is 0 Å². The fourth-order valence-electron chi connectivity index (χ4n) is 4.49. The molecule has 1 aliphatic carbocycles. The van der Waals surface area contributed by atoms with Gasteiger partial charge in [0, 0.05) is 18.5 Å². The Labute approximate surface area is 207 Å². The summed E-state index contributed by atoms with van der Waals surface area (Å²) in [4.78, 5) is 10.1. The van der Waals surface area contributed by atoms with Crippen molar-refractivity contribution in [2.24, 2.45) is 0 Å². The molecule has 6 nitrogen and oxygen atoms in total. The highest BCUT2D eigenvalue weighted by Gasteiger charge is 2.34. The topological polar surface area (TPSA) is 68.3 Å². The van der Waals surface area contributed by atoms with Gasteiger partial charge in [0.1, 0.15) is 11.6 Å². The highest BCUT2D eigenvalue weighted by molar-refractivity contribution is 6.33. The van der Waals surface area contributed by atoms with E-state index >= 15 is 0 Å². The van der Waals surface area contributed by atoms with Crippen LogP contribution in [0.4, 0.5) is 5.82 Å². The van der Waals surface area contributed by atoms with E-state index in [4.69, 9.17) is 31.0 Å². The smallest absolute Gasteiger partial charge is 0.148 e. The second-order valence-electron chi connectivity index (χ2n) is 8.40. The molecule has 180 valence electrons. The zero-order chi connectivity index (χ0) is 24.1. The zero-order valence-corrected chi connectivity index (χ0v) is 21.1. The molecule has 4 rings (SSSR count). The number of halogens is 1. The third-order valence-electron chi connectivity index (χ3n) is 6.30. The van der Waals surface area contributed by atoms with Crippen molar-refractivity contribution < 1.29 is 9.47 Å². The summed E-state index contributed by atoms with van der Waals surface area (Å²) < 4.78 is 11.6. The summed E-state index contributed by atoms with van der Waals surface area (Å²) >= 11 is 6.60. The van der Waals surface area contributed by atoms with Crippen molar-refractivity contribution in [2.45, 2.75) is 45.3 Å². The molecule has 34 heavy (non-hydrogen) atoms. The molecule has 1 aliphatic rings. The largest absolute Gasteiger partial charge is 0.497 e. The van der Waals surface area contributed by atoms with Gasteiger partial charge in [-0.05, 0) is 49.2 Å². The number of methoxy groups -OCH3 is 1. The molecule has 0 aliphatic heterocycles.